The lowest BCUT2D eigenvalue weighted by Crippen LogP contribution is -2.53. The third-order valence-corrected chi connectivity index (χ3v) is 6.71. The maximum absolute atomic E-state index is 13.1. The van der Waals surface area contributed by atoms with E-state index in [2.05, 4.69) is 25.5 Å². The molecule has 2 amide bonds. The van der Waals surface area contributed by atoms with Crippen LogP contribution in [0.2, 0.25) is 0 Å². The van der Waals surface area contributed by atoms with Crippen molar-refractivity contribution in [1.29, 1.82) is 0 Å². The lowest BCUT2D eigenvalue weighted by atomic mass is 10.0. The highest BCUT2D eigenvalue weighted by Crippen LogP contribution is 2.25. The van der Waals surface area contributed by atoms with E-state index < -0.39 is 11.9 Å². The number of carbonyl (C=O) groups is 2. The summed E-state index contributed by atoms with van der Waals surface area (Å²) in [6.07, 6.45) is 0.506. The van der Waals surface area contributed by atoms with E-state index in [9.17, 15) is 14.4 Å². The zero-order chi connectivity index (χ0) is 21.5. The van der Waals surface area contributed by atoms with Gasteiger partial charge in [-0.1, -0.05) is 0 Å². The van der Waals surface area contributed by atoms with Gasteiger partial charge in [-0.15, -0.1) is 0 Å². The standard InChI is InChI=1S/C22H28N6O3/c1-14-18-10-16(27-8-6-26(7-9-27)13-15-11-23-12-15)2-3-17(18)22(31)28(25-14)19-4-5-20(29)24-21(19)30/h2-3,10,15,19,23H,4-9,11-13H2,1H3,(H,24,29,30). The SMILES string of the molecule is Cc1nn(C2CCC(=O)NC2=O)c(=O)c2ccc(N3CCN(CC4CNC4)CC3)cc12. The molecule has 3 aliphatic rings. The quantitative estimate of drug-likeness (QED) is 0.668. The maximum atomic E-state index is 13.1. The van der Waals surface area contributed by atoms with Gasteiger partial charge in [-0.3, -0.25) is 24.6 Å². The minimum atomic E-state index is -0.744. The van der Waals surface area contributed by atoms with Gasteiger partial charge in [0, 0.05) is 63.3 Å². The van der Waals surface area contributed by atoms with Crippen LogP contribution in [0.1, 0.15) is 24.6 Å². The number of imide groups is 1. The molecule has 0 saturated carbocycles. The summed E-state index contributed by atoms with van der Waals surface area (Å²) in [4.78, 5) is 41.7. The molecule has 4 heterocycles. The lowest BCUT2D eigenvalue weighted by molar-refractivity contribution is -0.136. The molecule has 3 fully saturated rings. The monoisotopic (exact) mass is 424 g/mol. The predicted octanol–water partition coefficient (Wildman–Crippen LogP) is 0.0240. The molecule has 1 unspecified atom stereocenters. The second-order valence-electron chi connectivity index (χ2n) is 8.84. The van der Waals surface area contributed by atoms with Crippen LogP contribution in [0.15, 0.2) is 23.0 Å². The molecule has 1 aromatic carbocycles. The van der Waals surface area contributed by atoms with Gasteiger partial charge in [0.2, 0.25) is 5.91 Å². The van der Waals surface area contributed by atoms with Crippen LogP contribution in [0, 0.1) is 12.8 Å². The summed E-state index contributed by atoms with van der Waals surface area (Å²) in [5.74, 6) is 0.0187. The predicted molar refractivity (Wildman–Crippen MR) is 117 cm³/mol. The van der Waals surface area contributed by atoms with Crippen LogP contribution in [0.25, 0.3) is 10.8 Å². The van der Waals surface area contributed by atoms with Gasteiger partial charge in [0.25, 0.3) is 11.5 Å². The van der Waals surface area contributed by atoms with Crippen molar-refractivity contribution >= 4 is 28.3 Å². The number of aryl methyl sites for hydroxylation is 1. The second kappa shape index (κ2) is 8.05. The van der Waals surface area contributed by atoms with E-state index in [1.54, 1.807) is 0 Å². The number of carbonyl (C=O) groups excluding carboxylic acids is 2. The van der Waals surface area contributed by atoms with Crippen molar-refractivity contribution in [2.75, 3.05) is 50.7 Å². The minimum Gasteiger partial charge on any atom is -0.369 e. The van der Waals surface area contributed by atoms with Gasteiger partial charge in [-0.2, -0.15) is 5.10 Å². The van der Waals surface area contributed by atoms with Gasteiger partial charge in [-0.25, -0.2) is 4.68 Å². The fourth-order valence-electron chi connectivity index (χ4n) is 4.76. The molecular formula is C22H28N6O3. The van der Waals surface area contributed by atoms with E-state index in [-0.39, 0.29) is 17.9 Å². The van der Waals surface area contributed by atoms with Crippen molar-refractivity contribution < 1.29 is 9.59 Å². The molecular weight excluding hydrogens is 396 g/mol. The van der Waals surface area contributed by atoms with Crippen molar-refractivity contribution in [2.45, 2.75) is 25.8 Å². The van der Waals surface area contributed by atoms with Gasteiger partial charge in [0.1, 0.15) is 6.04 Å². The van der Waals surface area contributed by atoms with Crippen LogP contribution in [-0.4, -0.2) is 72.3 Å². The summed E-state index contributed by atoms with van der Waals surface area (Å²) in [5, 5.41) is 11.5. The third-order valence-electron chi connectivity index (χ3n) is 6.71. The first-order valence-corrected chi connectivity index (χ1v) is 11.0. The molecule has 9 heteroatoms. The third kappa shape index (κ3) is 3.83. The van der Waals surface area contributed by atoms with Gasteiger partial charge in [0.15, 0.2) is 0 Å². The van der Waals surface area contributed by atoms with E-state index in [0.29, 0.717) is 17.5 Å². The van der Waals surface area contributed by atoms with Crippen LogP contribution >= 0.6 is 0 Å². The number of hydrogen-bond donors (Lipinski definition) is 2. The van der Waals surface area contributed by atoms with E-state index in [4.69, 9.17) is 0 Å². The first-order valence-electron chi connectivity index (χ1n) is 11.0. The Bertz CT molecular complexity index is 1080. The fourth-order valence-corrected chi connectivity index (χ4v) is 4.76. The molecule has 31 heavy (non-hydrogen) atoms. The Kier molecular flexibility index (Phi) is 5.23. The number of piperidine rings is 1. The summed E-state index contributed by atoms with van der Waals surface area (Å²) in [7, 11) is 0. The summed E-state index contributed by atoms with van der Waals surface area (Å²) in [5.41, 5.74) is 1.51. The number of piperazine rings is 1. The van der Waals surface area contributed by atoms with Crippen LogP contribution in [-0.2, 0) is 9.59 Å². The van der Waals surface area contributed by atoms with E-state index in [1.165, 1.54) is 11.2 Å². The molecule has 0 spiro atoms. The summed E-state index contributed by atoms with van der Waals surface area (Å²) in [6, 6.07) is 5.13. The van der Waals surface area contributed by atoms with E-state index >= 15 is 0 Å². The van der Waals surface area contributed by atoms with Gasteiger partial charge >= 0.3 is 0 Å². The molecule has 1 atom stereocenters. The molecule has 0 bridgehead atoms. The van der Waals surface area contributed by atoms with Crippen LogP contribution in [0.5, 0.6) is 0 Å². The average molecular weight is 425 g/mol. The van der Waals surface area contributed by atoms with E-state index in [0.717, 1.165) is 56.3 Å². The largest absolute Gasteiger partial charge is 0.369 e. The number of nitrogens with zero attached hydrogens (tertiary/aromatic N) is 4. The van der Waals surface area contributed by atoms with E-state index in [1.807, 2.05) is 25.1 Å². The lowest BCUT2D eigenvalue weighted by Gasteiger charge is -2.39. The molecule has 0 aliphatic carbocycles. The Labute approximate surface area is 180 Å². The summed E-state index contributed by atoms with van der Waals surface area (Å²) >= 11 is 0. The van der Waals surface area contributed by atoms with Crippen LogP contribution < -0.4 is 21.1 Å². The highest BCUT2D eigenvalue weighted by atomic mass is 16.2. The Hall–Kier alpha value is -2.78. The van der Waals surface area contributed by atoms with Crippen molar-refractivity contribution in [3.05, 3.63) is 34.2 Å². The summed E-state index contributed by atoms with van der Waals surface area (Å²) < 4.78 is 1.24. The van der Waals surface area contributed by atoms with Crippen molar-refractivity contribution in [3.8, 4) is 0 Å². The molecule has 0 radical (unpaired) electrons. The number of benzene rings is 1. The zero-order valence-corrected chi connectivity index (χ0v) is 17.8. The van der Waals surface area contributed by atoms with Crippen molar-refractivity contribution in [1.82, 2.24) is 25.3 Å². The average Bonchev–Trinajstić information content (AvgIpc) is 2.74. The zero-order valence-electron chi connectivity index (χ0n) is 17.8. The molecule has 2 aromatic rings. The molecule has 164 valence electrons. The van der Waals surface area contributed by atoms with Gasteiger partial charge in [0.05, 0.1) is 11.1 Å². The molecule has 1 aromatic heterocycles. The van der Waals surface area contributed by atoms with Crippen molar-refractivity contribution in [3.63, 3.8) is 0 Å². The molecule has 9 nitrogen and oxygen atoms in total. The normalized spacial score (nSPS) is 23.1. The maximum Gasteiger partial charge on any atom is 0.275 e. The topological polar surface area (TPSA) is 99.6 Å². The Morgan fingerprint density at radius 1 is 1.06 bits per heavy atom. The molecule has 2 N–H and O–H groups in total. The number of fused-ring (bicyclic) bond motifs is 1. The first kappa shape index (κ1) is 20.1. The van der Waals surface area contributed by atoms with Crippen LogP contribution in [0.3, 0.4) is 0 Å². The first-order chi connectivity index (χ1) is 15.0. The Balaban J connectivity index is 1.37. The number of nitrogens with one attached hydrogen (secondary N) is 2. The number of amides is 2. The number of anilines is 1. The minimum absolute atomic E-state index is 0.212. The number of aromatic nitrogens is 2. The number of rotatable bonds is 4. The fraction of sp³-hybridized carbons (Fsp3) is 0.545. The molecule has 3 aliphatic heterocycles. The highest BCUT2D eigenvalue weighted by molar-refractivity contribution is 5.99. The molecule has 3 saturated heterocycles. The smallest absolute Gasteiger partial charge is 0.275 e. The highest BCUT2D eigenvalue weighted by Gasteiger charge is 2.30. The van der Waals surface area contributed by atoms with Gasteiger partial charge in [-0.05, 0) is 37.5 Å². The number of hydrogen-bond acceptors (Lipinski definition) is 7. The van der Waals surface area contributed by atoms with Gasteiger partial charge < -0.3 is 10.2 Å². The van der Waals surface area contributed by atoms with Crippen LogP contribution in [0.4, 0.5) is 5.69 Å². The Morgan fingerprint density at radius 3 is 2.52 bits per heavy atom. The van der Waals surface area contributed by atoms with Crippen molar-refractivity contribution in [2.24, 2.45) is 5.92 Å². The molecule has 5 rings (SSSR count). The Morgan fingerprint density at radius 2 is 1.84 bits per heavy atom. The summed E-state index contributed by atoms with van der Waals surface area (Å²) in [6.45, 7) is 9.31. The second-order valence-corrected chi connectivity index (χ2v) is 8.84.